The van der Waals surface area contributed by atoms with E-state index in [0.29, 0.717) is 18.3 Å². The van der Waals surface area contributed by atoms with Gasteiger partial charge in [0.05, 0.1) is 0 Å². The van der Waals surface area contributed by atoms with Crippen LogP contribution in [0.5, 0.6) is 0 Å². The maximum atomic E-state index is 13.4. The first-order valence-corrected chi connectivity index (χ1v) is 15.7. The number of fused-ring (bicyclic) bond motifs is 2. The van der Waals surface area contributed by atoms with Crippen LogP contribution in [0.4, 0.5) is 0 Å². The highest BCUT2D eigenvalue weighted by Gasteiger charge is 2.65. The number of hydrogen-bond acceptors (Lipinski definition) is 8. The summed E-state index contributed by atoms with van der Waals surface area (Å²) in [6.45, 7) is 4.73. The number of unbranched alkanes of at least 4 members (excludes halogenated alkanes) is 1. The van der Waals surface area contributed by atoms with E-state index in [4.69, 9.17) is 4.74 Å². The second kappa shape index (κ2) is 12.5. The van der Waals surface area contributed by atoms with Gasteiger partial charge < -0.3 is 19.9 Å². The van der Waals surface area contributed by atoms with E-state index in [1.807, 2.05) is 42.0 Å². The van der Waals surface area contributed by atoms with Crippen molar-refractivity contribution in [2.45, 2.75) is 106 Å². The minimum absolute atomic E-state index is 0.00713. The Hall–Kier alpha value is -1.65. The van der Waals surface area contributed by atoms with Gasteiger partial charge in [-0.25, -0.2) is 9.59 Å². The Morgan fingerprint density at radius 3 is 2.44 bits per heavy atom. The zero-order chi connectivity index (χ0) is 28.5. The Morgan fingerprint density at radius 1 is 1.05 bits per heavy atom. The molecule has 2 amide bonds. The van der Waals surface area contributed by atoms with Gasteiger partial charge in [0, 0.05) is 10.7 Å². The predicted molar refractivity (Wildman–Crippen MR) is 152 cm³/mol. The summed E-state index contributed by atoms with van der Waals surface area (Å²) >= 11 is 1.50. The van der Waals surface area contributed by atoms with Crippen molar-refractivity contribution in [3.8, 4) is 0 Å². The van der Waals surface area contributed by atoms with E-state index < -0.39 is 34.8 Å². The molecule has 2 saturated carbocycles. The number of β-lactam (4-membered cyclic amide) rings is 1. The first-order chi connectivity index (χ1) is 18.4. The molecule has 6 unspecified atom stereocenters. The van der Waals surface area contributed by atoms with Gasteiger partial charge in [-0.15, -0.1) is 11.8 Å². The zero-order valence-electron chi connectivity index (χ0n) is 24.6. The van der Waals surface area contributed by atoms with E-state index in [-0.39, 0.29) is 23.1 Å². The molecule has 0 aromatic carbocycles. The number of carbonyl (C=O) groups excluding carboxylic acids is 4. The molecule has 39 heavy (non-hydrogen) atoms. The zero-order valence-corrected chi connectivity index (χ0v) is 25.4. The monoisotopic (exact) mass is 564 g/mol. The molecule has 2 aliphatic heterocycles. The van der Waals surface area contributed by atoms with Gasteiger partial charge in [-0.1, -0.05) is 38.5 Å². The van der Waals surface area contributed by atoms with Gasteiger partial charge >= 0.3 is 11.9 Å². The average Bonchev–Trinajstić information content (AvgIpc) is 3.13. The molecule has 0 radical (unpaired) electrons. The molecule has 4 fully saturated rings. The van der Waals surface area contributed by atoms with Crippen molar-refractivity contribution >= 4 is 35.5 Å². The molecule has 220 valence electrons. The lowest BCUT2D eigenvalue weighted by atomic mass is 9.65. The SMILES string of the molecule is CN(C)CCCCC(C(=O)OC(=O)C1N2C(=O)[C@@H](NC(=O)C3CCCC4CCCCC43)C2SC1(C)C)N(C)C. The predicted octanol–water partition coefficient (Wildman–Crippen LogP) is 2.87. The van der Waals surface area contributed by atoms with E-state index in [9.17, 15) is 19.2 Å². The van der Waals surface area contributed by atoms with Gasteiger partial charge in [-0.2, -0.15) is 0 Å². The Labute approximate surface area is 238 Å². The van der Waals surface area contributed by atoms with Crippen LogP contribution in [-0.4, -0.2) is 101 Å². The fourth-order valence-electron chi connectivity index (χ4n) is 7.23. The molecule has 4 rings (SSSR count). The Kier molecular flexibility index (Phi) is 9.69. The summed E-state index contributed by atoms with van der Waals surface area (Å²) < 4.78 is 4.78. The summed E-state index contributed by atoms with van der Waals surface area (Å²) in [5, 5.41) is 2.74. The topological polar surface area (TPSA) is 99.3 Å². The summed E-state index contributed by atoms with van der Waals surface area (Å²) in [4.78, 5) is 58.4. The largest absolute Gasteiger partial charge is 0.390 e. The van der Waals surface area contributed by atoms with Crippen LogP contribution in [0.3, 0.4) is 0 Å². The van der Waals surface area contributed by atoms with Gasteiger partial charge in [0.1, 0.15) is 23.5 Å². The number of ether oxygens (including phenoxy) is 1. The van der Waals surface area contributed by atoms with Crippen molar-refractivity contribution in [3.05, 3.63) is 0 Å². The lowest BCUT2D eigenvalue weighted by molar-refractivity contribution is -0.173. The Morgan fingerprint density at radius 2 is 1.74 bits per heavy atom. The van der Waals surface area contributed by atoms with Crippen molar-refractivity contribution in [2.24, 2.45) is 17.8 Å². The number of nitrogens with one attached hydrogen (secondary N) is 1. The molecule has 2 saturated heterocycles. The van der Waals surface area contributed by atoms with E-state index >= 15 is 0 Å². The quantitative estimate of drug-likeness (QED) is 0.187. The van der Waals surface area contributed by atoms with E-state index in [1.165, 1.54) is 42.3 Å². The van der Waals surface area contributed by atoms with Crippen LogP contribution in [0.25, 0.3) is 0 Å². The van der Waals surface area contributed by atoms with Crippen LogP contribution in [0.1, 0.15) is 78.1 Å². The van der Waals surface area contributed by atoms with Gasteiger partial charge in [-0.05, 0) is 86.1 Å². The highest BCUT2D eigenvalue weighted by atomic mass is 32.2. The number of nitrogens with zero attached hydrogens (tertiary/aromatic N) is 3. The normalized spacial score (nSPS) is 32.3. The molecule has 2 aliphatic carbocycles. The molecule has 7 atom stereocenters. The average molecular weight is 565 g/mol. The number of carbonyl (C=O) groups is 4. The van der Waals surface area contributed by atoms with E-state index in [1.54, 1.807) is 4.90 Å². The number of esters is 2. The first-order valence-electron chi connectivity index (χ1n) is 14.8. The number of thioether (sulfide) groups is 1. The van der Waals surface area contributed by atoms with Crippen LogP contribution in [0.15, 0.2) is 0 Å². The van der Waals surface area contributed by atoms with Gasteiger partial charge in [0.15, 0.2) is 0 Å². The highest BCUT2D eigenvalue weighted by Crippen LogP contribution is 2.51. The molecule has 0 aromatic heterocycles. The van der Waals surface area contributed by atoms with Crippen LogP contribution < -0.4 is 5.32 Å². The smallest absolute Gasteiger partial charge is 0.338 e. The second-order valence-corrected chi connectivity index (χ2v) is 14.8. The first kappa shape index (κ1) is 30.3. The highest BCUT2D eigenvalue weighted by molar-refractivity contribution is 8.01. The van der Waals surface area contributed by atoms with Crippen LogP contribution in [0, 0.1) is 17.8 Å². The number of amides is 2. The van der Waals surface area contributed by atoms with Crippen molar-refractivity contribution in [2.75, 3.05) is 34.7 Å². The third kappa shape index (κ3) is 6.48. The summed E-state index contributed by atoms with van der Waals surface area (Å²) in [6, 6.07) is -2.03. The maximum absolute atomic E-state index is 13.4. The van der Waals surface area contributed by atoms with Crippen molar-refractivity contribution in [1.29, 1.82) is 0 Å². The molecular formula is C29H48N4O5S. The number of likely N-dealkylation sites (N-methyl/N-ethyl adjacent to an activating group) is 1. The van der Waals surface area contributed by atoms with Crippen molar-refractivity contribution in [3.63, 3.8) is 0 Å². The third-order valence-electron chi connectivity index (χ3n) is 9.30. The van der Waals surface area contributed by atoms with Crippen molar-refractivity contribution < 1.29 is 23.9 Å². The van der Waals surface area contributed by atoms with E-state index in [0.717, 1.165) is 38.6 Å². The van der Waals surface area contributed by atoms with E-state index in [2.05, 4.69) is 10.2 Å². The fraction of sp³-hybridized carbons (Fsp3) is 0.862. The summed E-state index contributed by atoms with van der Waals surface area (Å²) in [7, 11) is 7.64. The molecular weight excluding hydrogens is 516 g/mol. The van der Waals surface area contributed by atoms with Gasteiger partial charge in [0.25, 0.3) is 0 Å². The maximum Gasteiger partial charge on any atom is 0.338 e. The molecule has 10 heteroatoms. The molecule has 4 aliphatic rings. The molecule has 0 aromatic rings. The van der Waals surface area contributed by atoms with Gasteiger partial charge in [0.2, 0.25) is 11.8 Å². The summed E-state index contributed by atoms with van der Waals surface area (Å²) in [5.41, 5.74) is 0. The lowest BCUT2D eigenvalue weighted by Crippen LogP contribution is -2.71. The fourth-order valence-corrected chi connectivity index (χ4v) is 8.85. The summed E-state index contributed by atoms with van der Waals surface area (Å²) in [6.07, 6.45) is 10.3. The van der Waals surface area contributed by atoms with Crippen LogP contribution in [-0.2, 0) is 23.9 Å². The second-order valence-electron chi connectivity index (χ2n) is 13.0. The molecule has 9 nitrogen and oxygen atoms in total. The Bertz CT molecular complexity index is 939. The Balaban J connectivity index is 1.36. The summed E-state index contributed by atoms with van der Waals surface area (Å²) in [5.74, 6) is -0.492. The van der Waals surface area contributed by atoms with Gasteiger partial charge in [-0.3, -0.25) is 14.5 Å². The third-order valence-corrected chi connectivity index (χ3v) is 10.9. The minimum atomic E-state index is -0.869. The molecule has 2 heterocycles. The molecule has 0 bridgehead atoms. The van der Waals surface area contributed by atoms with Crippen molar-refractivity contribution in [1.82, 2.24) is 20.0 Å². The van der Waals surface area contributed by atoms with Crippen LogP contribution in [0.2, 0.25) is 0 Å². The number of hydrogen-bond donors (Lipinski definition) is 1. The minimum Gasteiger partial charge on any atom is -0.390 e. The lowest BCUT2D eigenvalue weighted by Gasteiger charge is -2.45. The molecule has 1 N–H and O–H groups in total. The molecule has 0 spiro atoms. The van der Waals surface area contributed by atoms with Crippen LogP contribution >= 0.6 is 11.8 Å². The number of rotatable bonds is 10. The standard InChI is InChI=1S/C29H48N4O5S/c1-29(2)23(28(37)38-27(36)21(32(5)6)16-9-10-17-31(3)4)33-25(35)22(26(33)39-29)30-24(34)20-15-11-13-18-12-7-8-14-19(18)20/h18-23,26H,7-17H2,1-6H3,(H,30,34)/t18?,19?,20?,21?,22-,23?,26?/m1/s1.